The third-order valence-corrected chi connectivity index (χ3v) is 18.9. The van der Waals surface area contributed by atoms with Gasteiger partial charge < -0.3 is 33.8 Å². The van der Waals surface area contributed by atoms with Crippen LogP contribution in [0.5, 0.6) is 0 Å². The van der Waals surface area contributed by atoms with E-state index in [0.717, 1.165) is 161 Å². The van der Waals surface area contributed by atoms with Gasteiger partial charge in [0.05, 0.1) is 26.4 Å². The molecule has 0 fully saturated rings. The SMILES string of the molecule is CC/C=C\C/C=C\C/C=C\C/C=C\C/C=C\CCCCCC(=O)O[C@H](COC(=O)CCCCCCC/C=C\CCCCCCCC)COP(=O)(O)OC[C@H](O)COP(=O)(O)OC[C@@H](COC(=O)CC/C=C\C/C=C\C/C=C\C/C=C\C/C=C\CCCCC)OC(=O)CCCCCCC/C=C\C/C=C\CCCCC. The molecule has 0 amide bonds. The minimum absolute atomic E-state index is 0.0299. The van der Waals surface area contributed by atoms with Crippen molar-refractivity contribution in [2.75, 3.05) is 39.6 Å². The van der Waals surface area contributed by atoms with Gasteiger partial charge in [0, 0.05) is 25.7 Å². The number of rotatable bonds is 77. The number of carbonyl (C=O) groups is 4. The molecule has 108 heavy (non-hydrogen) atoms. The molecule has 0 aromatic heterocycles. The molecule has 0 radical (unpaired) electrons. The van der Waals surface area contributed by atoms with Crippen LogP contribution in [0.25, 0.3) is 0 Å². The van der Waals surface area contributed by atoms with E-state index < -0.39 is 97.5 Å². The lowest BCUT2D eigenvalue weighted by molar-refractivity contribution is -0.161. The fourth-order valence-electron chi connectivity index (χ4n) is 10.6. The largest absolute Gasteiger partial charge is 0.472 e. The Morgan fingerprint density at radius 3 is 0.833 bits per heavy atom. The zero-order chi connectivity index (χ0) is 78.9. The molecule has 0 saturated carbocycles. The summed E-state index contributed by atoms with van der Waals surface area (Å²) in [6.07, 6.45) is 93.7. The Bertz CT molecular complexity index is 2660. The Hall–Kier alpha value is -5.32. The standard InChI is InChI=1S/C89H148O17P2/c1-5-9-13-17-21-25-29-33-37-39-41-43-47-50-54-58-62-66-70-74-87(92)100-80-84(105-88(93)75-71-67-63-59-55-51-46-36-32-28-24-20-16-12-8-4)81-103-107(95,96)101-77-83(90)78-102-108(97,98)104-82-85(79-99-86(91)73-69-65-61-57-53-49-45-35-31-27-23-19-15-11-7-3)106-89(94)76-72-68-64-60-56-52-48-44-42-40-38-34-30-26-22-18-14-10-6-2/h10,14,21-22,24-26,28,33-38,41-46,50,52,54,56,62,66,83-85,90H,5-9,11-13,15-20,23,27,29-32,39-40,47-49,51,53,55,57-61,63-65,67-82H2,1-4H3,(H,95,96)(H,97,98)/b14-10-,25-21-,26-22-,28-24-,37-33-,38-34-,43-41-,44-42-,45-35-,46-36-,54-50-,56-52-,66-62-/t83-,84-,85-/m1/s1. The summed E-state index contributed by atoms with van der Waals surface area (Å²) in [4.78, 5) is 73.1. The monoisotopic (exact) mass is 1550 g/mol. The van der Waals surface area contributed by atoms with Gasteiger partial charge in [0.1, 0.15) is 19.3 Å². The van der Waals surface area contributed by atoms with Gasteiger partial charge in [-0.1, -0.05) is 288 Å². The Balaban J connectivity index is 5.49. The van der Waals surface area contributed by atoms with Crippen LogP contribution in [0.1, 0.15) is 323 Å². The molecule has 3 N–H and O–H groups in total. The summed E-state index contributed by atoms with van der Waals surface area (Å²) < 4.78 is 68.6. The third-order valence-electron chi connectivity index (χ3n) is 17.0. The highest BCUT2D eigenvalue weighted by Gasteiger charge is 2.30. The molecule has 19 heteroatoms. The van der Waals surface area contributed by atoms with Crippen LogP contribution >= 0.6 is 15.6 Å². The Kier molecular flexibility index (Phi) is 75.8. The van der Waals surface area contributed by atoms with E-state index in [1.807, 2.05) is 12.2 Å². The summed E-state index contributed by atoms with van der Waals surface area (Å²) in [5, 5.41) is 10.7. The first kappa shape index (κ1) is 103. The first-order valence-corrected chi connectivity index (χ1v) is 44.7. The van der Waals surface area contributed by atoms with Gasteiger partial charge in [-0.2, -0.15) is 0 Å². The van der Waals surface area contributed by atoms with Crippen molar-refractivity contribution in [2.24, 2.45) is 0 Å². The number of hydrogen-bond acceptors (Lipinski definition) is 15. The molecule has 616 valence electrons. The molecule has 17 nitrogen and oxygen atoms in total. The highest BCUT2D eigenvalue weighted by atomic mass is 31.2. The summed E-state index contributed by atoms with van der Waals surface area (Å²) in [5.41, 5.74) is 0. The molecule has 0 heterocycles. The van der Waals surface area contributed by atoms with E-state index in [0.29, 0.717) is 32.1 Å². The minimum atomic E-state index is -5.01. The number of ether oxygens (including phenoxy) is 4. The van der Waals surface area contributed by atoms with Crippen molar-refractivity contribution in [2.45, 2.75) is 341 Å². The number of aliphatic hydroxyl groups excluding tert-OH is 1. The van der Waals surface area contributed by atoms with Gasteiger partial charge in [-0.05, 0) is 167 Å². The van der Waals surface area contributed by atoms with Crippen molar-refractivity contribution in [3.8, 4) is 0 Å². The number of aliphatic hydroxyl groups is 1. The fourth-order valence-corrected chi connectivity index (χ4v) is 12.2. The molecular formula is C89H148O17P2. The van der Waals surface area contributed by atoms with Gasteiger partial charge in [0.15, 0.2) is 12.2 Å². The van der Waals surface area contributed by atoms with Crippen LogP contribution in [0.3, 0.4) is 0 Å². The molecular weight excluding hydrogens is 1400 g/mol. The van der Waals surface area contributed by atoms with Gasteiger partial charge in [-0.25, -0.2) is 9.13 Å². The highest BCUT2D eigenvalue weighted by Crippen LogP contribution is 2.45. The van der Waals surface area contributed by atoms with E-state index in [9.17, 15) is 43.2 Å². The topological polar surface area (TPSA) is 237 Å². The van der Waals surface area contributed by atoms with Crippen molar-refractivity contribution >= 4 is 39.5 Å². The second-order valence-corrected chi connectivity index (χ2v) is 30.2. The highest BCUT2D eigenvalue weighted by molar-refractivity contribution is 7.47. The van der Waals surface area contributed by atoms with E-state index in [1.165, 1.54) is 77.0 Å². The summed E-state index contributed by atoms with van der Waals surface area (Å²) in [6, 6.07) is 0. The maximum absolute atomic E-state index is 13.1. The van der Waals surface area contributed by atoms with E-state index >= 15 is 0 Å². The molecule has 0 saturated heterocycles. The Labute approximate surface area is 655 Å². The minimum Gasteiger partial charge on any atom is -0.462 e. The molecule has 0 bridgehead atoms. The van der Waals surface area contributed by atoms with Crippen LogP contribution in [0.4, 0.5) is 0 Å². The number of esters is 4. The molecule has 0 aliphatic carbocycles. The molecule has 5 atom stereocenters. The van der Waals surface area contributed by atoms with Crippen LogP contribution in [0, 0.1) is 0 Å². The quantitative estimate of drug-likeness (QED) is 0.0169. The van der Waals surface area contributed by atoms with Gasteiger partial charge in [0.2, 0.25) is 0 Å². The summed E-state index contributed by atoms with van der Waals surface area (Å²) in [7, 11) is -10.0. The zero-order valence-electron chi connectivity index (χ0n) is 67.5. The van der Waals surface area contributed by atoms with Crippen LogP contribution in [-0.2, 0) is 65.4 Å². The lowest BCUT2D eigenvalue weighted by Gasteiger charge is -2.21. The molecule has 0 rings (SSSR count). The summed E-state index contributed by atoms with van der Waals surface area (Å²) >= 11 is 0. The molecule has 0 aromatic rings. The predicted octanol–water partition coefficient (Wildman–Crippen LogP) is 24.8. The Morgan fingerprint density at radius 1 is 0.269 bits per heavy atom. The first-order chi connectivity index (χ1) is 52.7. The van der Waals surface area contributed by atoms with E-state index in [1.54, 1.807) is 0 Å². The lowest BCUT2D eigenvalue weighted by Crippen LogP contribution is -2.30. The van der Waals surface area contributed by atoms with Crippen LogP contribution in [0.15, 0.2) is 158 Å². The maximum atomic E-state index is 13.1. The van der Waals surface area contributed by atoms with Gasteiger partial charge in [-0.3, -0.25) is 37.3 Å². The van der Waals surface area contributed by atoms with Crippen LogP contribution < -0.4 is 0 Å². The fraction of sp³-hybridized carbons (Fsp3) is 0.663. The third kappa shape index (κ3) is 78.8. The number of carbonyl (C=O) groups excluding carboxylic acids is 4. The van der Waals surface area contributed by atoms with E-state index in [4.69, 9.17) is 37.0 Å². The van der Waals surface area contributed by atoms with Crippen molar-refractivity contribution < 1.29 is 80.2 Å². The average molecular weight is 1550 g/mol. The molecule has 2 unspecified atom stereocenters. The van der Waals surface area contributed by atoms with Gasteiger partial charge >= 0.3 is 39.5 Å². The van der Waals surface area contributed by atoms with Crippen molar-refractivity contribution in [1.82, 2.24) is 0 Å². The lowest BCUT2D eigenvalue weighted by atomic mass is 10.1. The smallest absolute Gasteiger partial charge is 0.462 e. The van der Waals surface area contributed by atoms with E-state index in [-0.39, 0.29) is 25.7 Å². The van der Waals surface area contributed by atoms with Crippen molar-refractivity contribution in [3.63, 3.8) is 0 Å². The number of phosphoric acid groups is 2. The van der Waals surface area contributed by atoms with Gasteiger partial charge in [-0.15, -0.1) is 0 Å². The zero-order valence-corrected chi connectivity index (χ0v) is 69.3. The molecule has 0 spiro atoms. The normalized spacial score (nSPS) is 14.6. The second kappa shape index (κ2) is 79.8. The summed E-state index contributed by atoms with van der Waals surface area (Å²) in [5.74, 6) is -2.34. The van der Waals surface area contributed by atoms with Crippen molar-refractivity contribution in [1.29, 1.82) is 0 Å². The first-order valence-electron chi connectivity index (χ1n) is 41.7. The number of hydrogen-bond donors (Lipinski definition) is 3. The van der Waals surface area contributed by atoms with E-state index in [2.05, 4.69) is 174 Å². The van der Waals surface area contributed by atoms with Crippen LogP contribution in [0.2, 0.25) is 0 Å². The number of phosphoric ester groups is 2. The predicted molar refractivity (Wildman–Crippen MR) is 445 cm³/mol. The second-order valence-electron chi connectivity index (χ2n) is 27.3. The maximum Gasteiger partial charge on any atom is 0.472 e. The molecule has 0 aromatic carbocycles. The average Bonchev–Trinajstić information content (AvgIpc) is 0.899. The summed E-state index contributed by atoms with van der Waals surface area (Å²) in [6.45, 7) is 4.56. The molecule has 0 aliphatic rings. The number of allylic oxidation sites excluding steroid dienone is 26. The Morgan fingerprint density at radius 2 is 0.500 bits per heavy atom. The van der Waals surface area contributed by atoms with Gasteiger partial charge in [0.25, 0.3) is 0 Å². The number of unbranched alkanes of at least 4 members (excludes halogenated alkanes) is 25. The van der Waals surface area contributed by atoms with Crippen molar-refractivity contribution in [3.05, 3.63) is 158 Å². The molecule has 0 aliphatic heterocycles. The van der Waals surface area contributed by atoms with Crippen LogP contribution in [-0.4, -0.2) is 96.7 Å².